The van der Waals surface area contributed by atoms with E-state index in [-0.39, 0.29) is 11.2 Å². The van der Waals surface area contributed by atoms with Crippen LogP contribution < -0.4 is 5.32 Å². The van der Waals surface area contributed by atoms with Crippen molar-refractivity contribution in [3.05, 3.63) is 34.8 Å². The van der Waals surface area contributed by atoms with Crippen molar-refractivity contribution < 1.29 is 4.79 Å². The fraction of sp³-hybridized carbons (Fsp3) is 0.357. The van der Waals surface area contributed by atoms with Gasteiger partial charge in [-0.05, 0) is 38.0 Å². The third-order valence-corrected chi connectivity index (χ3v) is 4.81. The minimum atomic E-state index is -0.201. The fourth-order valence-corrected chi connectivity index (χ4v) is 3.56. The Morgan fingerprint density at radius 2 is 2.05 bits per heavy atom. The number of thioether (sulfide) groups is 1. The zero-order chi connectivity index (χ0) is 14.5. The lowest BCUT2D eigenvalue weighted by atomic mass is 10.1. The number of nitrogens with one attached hydrogen (secondary N) is 1. The highest BCUT2D eigenvalue weighted by Gasteiger charge is 2.16. The first-order valence-corrected chi connectivity index (χ1v) is 8.14. The Labute approximate surface area is 127 Å². The van der Waals surface area contributed by atoms with Gasteiger partial charge in [0, 0.05) is 5.69 Å². The third kappa shape index (κ3) is 4.05. The normalized spacial score (nSPS) is 12.2. The van der Waals surface area contributed by atoms with Crippen LogP contribution in [-0.2, 0) is 11.2 Å². The van der Waals surface area contributed by atoms with E-state index in [0.29, 0.717) is 0 Å². The largest absolute Gasteiger partial charge is 0.325 e. The average molecular weight is 307 g/mol. The van der Waals surface area contributed by atoms with Gasteiger partial charge in [0.25, 0.3) is 0 Å². The summed E-state index contributed by atoms with van der Waals surface area (Å²) in [6.07, 6.45) is 0.997. The molecule has 0 saturated carbocycles. The van der Waals surface area contributed by atoms with Crippen LogP contribution in [0.15, 0.2) is 28.6 Å². The molecule has 106 valence electrons. The molecule has 0 fully saturated rings. The summed E-state index contributed by atoms with van der Waals surface area (Å²) < 4.78 is 0.825. The number of carbonyl (C=O) groups excluding carboxylic acids is 1. The van der Waals surface area contributed by atoms with Crippen molar-refractivity contribution in [2.75, 3.05) is 5.32 Å². The Balaban J connectivity index is 1.93. The van der Waals surface area contributed by atoms with E-state index in [2.05, 4.69) is 22.4 Å². The van der Waals surface area contributed by atoms with Gasteiger partial charge in [-0.3, -0.25) is 4.79 Å². The van der Waals surface area contributed by atoms with Crippen molar-refractivity contribution in [3.8, 4) is 0 Å². The standard InChI is InChI=1S/C14H17N3OS2/c1-4-11-5-7-12(8-6-11)15-13(18)9(2)19-14-17-16-10(3)20-14/h5-9H,4H2,1-3H3,(H,15,18)/t9-/m1/s1. The van der Waals surface area contributed by atoms with Crippen LogP contribution in [0, 0.1) is 6.92 Å². The highest BCUT2D eigenvalue weighted by atomic mass is 32.2. The van der Waals surface area contributed by atoms with Crippen LogP contribution in [0.5, 0.6) is 0 Å². The smallest absolute Gasteiger partial charge is 0.237 e. The lowest BCUT2D eigenvalue weighted by molar-refractivity contribution is -0.115. The number of amides is 1. The van der Waals surface area contributed by atoms with Gasteiger partial charge < -0.3 is 5.32 Å². The number of hydrogen-bond acceptors (Lipinski definition) is 5. The molecule has 1 atom stereocenters. The molecule has 0 spiro atoms. The molecule has 0 unspecified atom stereocenters. The van der Waals surface area contributed by atoms with Gasteiger partial charge in [0.2, 0.25) is 5.91 Å². The summed E-state index contributed by atoms with van der Waals surface area (Å²) in [6, 6.07) is 7.93. The van der Waals surface area contributed by atoms with Gasteiger partial charge in [-0.2, -0.15) is 0 Å². The summed E-state index contributed by atoms with van der Waals surface area (Å²) in [4.78, 5) is 12.1. The van der Waals surface area contributed by atoms with Gasteiger partial charge >= 0.3 is 0 Å². The van der Waals surface area contributed by atoms with E-state index in [1.54, 1.807) is 0 Å². The van der Waals surface area contributed by atoms with Crippen molar-refractivity contribution in [2.45, 2.75) is 36.8 Å². The Morgan fingerprint density at radius 3 is 2.60 bits per heavy atom. The molecule has 0 aliphatic rings. The molecule has 1 amide bonds. The van der Waals surface area contributed by atoms with Gasteiger partial charge in [0.15, 0.2) is 4.34 Å². The Kier molecular flexibility index (Phi) is 5.14. The zero-order valence-electron chi connectivity index (χ0n) is 11.7. The number of hydrogen-bond donors (Lipinski definition) is 1. The van der Waals surface area contributed by atoms with Crippen LogP contribution in [0.4, 0.5) is 5.69 Å². The monoisotopic (exact) mass is 307 g/mol. The van der Waals surface area contributed by atoms with Crippen molar-refractivity contribution in [3.63, 3.8) is 0 Å². The maximum atomic E-state index is 12.1. The second-order valence-corrected chi connectivity index (χ2v) is 7.16. The number of aromatic nitrogens is 2. The van der Waals surface area contributed by atoms with Gasteiger partial charge in [-0.25, -0.2) is 0 Å². The zero-order valence-corrected chi connectivity index (χ0v) is 13.3. The topological polar surface area (TPSA) is 54.9 Å². The molecule has 2 rings (SSSR count). The molecule has 1 aromatic heterocycles. The van der Waals surface area contributed by atoms with Gasteiger partial charge in [0.05, 0.1) is 5.25 Å². The molecular weight excluding hydrogens is 290 g/mol. The lowest BCUT2D eigenvalue weighted by Crippen LogP contribution is -2.22. The predicted molar refractivity (Wildman–Crippen MR) is 84.4 cm³/mol. The predicted octanol–water partition coefficient (Wildman–Crippen LogP) is 3.53. The number of benzene rings is 1. The van der Waals surface area contributed by atoms with E-state index in [0.717, 1.165) is 21.5 Å². The number of carbonyl (C=O) groups is 1. The first-order valence-electron chi connectivity index (χ1n) is 6.45. The van der Waals surface area contributed by atoms with Crippen LogP contribution in [0.1, 0.15) is 24.4 Å². The van der Waals surface area contributed by atoms with Gasteiger partial charge in [0.1, 0.15) is 5.01 Å². The summed E-state index contributed by atoms with van der Waals surface area (Å²) in [7, 11) is 0. The van der Waals surface area contributed by atoms with Gasteiger partial charge in [-0.1, -0.05) is 42.2 Å². The van der Waals surface area contributed by atoms with Crippen LogP contribution in [0.25, 0.3) is 0 Å². The summed E-state index contributed by atoms with van der Waals surface area (Å²) >= 11 is 2.94. The second kappa shape index (κ2) is 6.85. The molecular formula is C14H17N3OS2. The molecule has 2 aromatic rings. The maximum absolute atomic E-state index is 12.1. The first kappa shape index (κ1) is 15.0. The number of nitrogens with zero attached hydrogens (tertiary/aromatic N) is 2. The Hall–Kier alpha value is -1.40. The fourth-order valence-electron chi connectivity index (χ4n) is 1.60. The second-order valence-electron chi connectivity index (χ2n) is 4.39. The van der Waals surface area contributed by atoms with Crippen molar-refractivity contribution in [1.29, 1.82) is 0 Å². The SMILES string of the molecule is CCc1ccc(NC(=O)[C@@H](C)Sc2nnc(C)s2)cc1. The van der Waals surface area contributed by atoms with E-state index >= 15 is 0 Å². The molecule has 6 heteroatoms. The Bertz CT molecular complexity index is 580. The minimum absolute atomic E-state index is 0.0212. The lowest BCUT2D eigenvalue weighted by Gasteiger charge is -2.10. The molecule has 0 aliphatic carbocycles. The quantitative estimate of drug-likeness (QED) is 0.859. The van der Waals surface area contributed by atoms with Crippen molar-refractivity contribution >= 4 is 34.7 Å². The van der Waals surface area contributed by atoms with Crippen LogP contribution in [0.3, 0.4) is 0 Å². The van der Waals surface area contributed by atoms with Crippen LogP contribution in [-0.4, -0.2) is 21.4 Å². The average Bonchev–Trinajstić information content (AvgIpc) is 2.85. The van der Waals surface area contributed by atoms with Gasteiger partial charge in [-0.15, -0.1) is 10.2 Å². The molecule has 20 heavy (non-hydrogen) atoms. The molecule has 0 saturated heterocycles. The first-order chi connectivity index (χ1) is 9.58. The van der Waals surface area contributed by atoms with Crippen LogP contribution >= 0.6 is 23.1 Å². The molecule has 0 bridgehead atoms. The third-order valence-electron chi connectivity index (χ3n) is 2.78. The molecule has 0 aliphatic heterocycles. The molecule has 1 aromatic carbocycles. The minimum Gasteiger partial charge on any atom is -0.325 e. The van der Waals surface area contributed by atoms with E-state index in [9.17, 15) is 4.79 Å². The highest BCUT2D eigenvalue weighted by Crippen LogP contribution is 2.26. The van der Waals surface area contributed by atoms with Crippen molar-refractivity contribution in [1.82, 2.24) is 10.2 Å². The Morgan fingerprint density at radius 1 is 1.35 bits per heavy atom. The van der Waals surface area contributed by atoms with E-state index in [1.807, 2.05) is 38.1 Å². The number of rotatable bonds is 5. The number of aryl methyl sites for hydroxylation is 2. The molecule has 1 heterocycles. The maximum Gasteiger partial charge on any atom is 0.237 e. The van der Waals surface area contributed by atoms with Crippen LogP contribution in [0.2, 0.25) is 0 Å². The summed E-state index contributed by atoms with van der Waals surface area (Å²) in [5, 5.41) is 11.6. The number of anilines is 1. The van der Waals surface area contributed by atoms with E-state index in [1.165, 1.54) is 28.7 Å². The molecule has 1 N–H and O–H groups in total. The molecule has 0 radical (unpaired) electrons. The summed E-state index contributed by atoms with van der Waals surface area (Å²) in [5.41, 5.74) is 2.09. The molecule has 4 nitrogen and oxygen atoms in total. The highest BCUT2D eigenvalue weighted by molar-refractivity contribution is 8.02. The van der Waals surface area contributed by atoms with Crippen molar-refractivity contribution in [2.24, 2.45) is 0 Å². The van der Waals surface area contributed by atoms with E-state index in [4.69, 9.17) is 0 Å². The van der Waals surface area contributed by atoms with E-state index < -0.39 is 0 Å². The summed E-state index contributed by atoms with van der Waals surface area (Å²) in [5.74, 6) is -0.0212. The summed E-state index contributed by atoms with van der Waals surface area (Å²) in [6.45, 7) is 5.88.